The van der Waals surface area contributed by atoms with E-state index in [2.05, 4.69) is 4.98 Å². The highest BCUT2D eigenvalue weighted by molar-refractivity contribution is 7.13. The smallest absolute Gasteiger partial charge is 0.273 e. The van der Waals surface area contributed by atoms with Crippen LogP contribution in [0.25, 0.3) is 0 Å². The van der Waals surface area contributed by atoms with Crippen LogP contribution in [0.3, 0.4) is 0 Å². The van der Waals surface area contributed by atoms with Crippen molar-refractivity contribution < 1.29 is 9.84 Å². The molecule has 0 aliphatic carbocycles. The number of nitrogens with zero attached hydrogens (tertiary/aromatic N) is 1. The predicted octanol–water partition coefficient (Wildman–Crippen LogP) is 0.644. The van der Waals surface area contributed by atoms with Gasteiger partial charge in [0.2, 0.25) is 0 Å². The second kappa shape index (κ2) is 2.80. The Balaban J connectivity index is 2.74. The Morgan fingerprint density at radius 2 is 2.67 bits per heavy atom. The lowest BCUT2D eigenvalue weighted by Gasteiger charge is -1.85. The maximum absolute atomic E-state index is 8.56. The summed E-state index contributed by atoms with van der Waals surface area (Å²) in [6.45, 7) is 0.0427. The number of rotatable bonds is 2. The molecule has 0 aromatic carbocycles. The Labute approximate surface area is 56.9 Å². The van der Waals surface area contributed by atoms with E-state index in [4.69, 9.17) is 9.84 Å². The largest absolute Gasteiger partial charge is 0.473 e. The Kier molecular flexibility index (Phi) is 2.02. The molecular weight excluding hydrogens is 138 g/mol. The van der Waals surface area contributed by atoms with Crippen molar-refractivity contribution in [2.75, 3.05) is 7.11 Å². The van der Waals surface area contributed by atoms with Crippen molar-refractivity contribution in [2.24, 2.45) is 0 Å². The third-order valence-corrected chi connectivity index (χ3v) is 1.81. The van der Waals surface area contributed by atoms with Crippen LogP contribution in [0.1, 0.15) is 4.88 Å². The van der Waals surface area contributed by atoms with Crippen LogP contribution in [0.4, 0.5) is 0 Å². The number of aromatic nitrogens is 1. The quantitative estimate of drug-likeness (QED) is 0.664. The van der Waals surface area contributed by atoms with Crippen LogP contribution in [0.2, 0.25) is 0 Å². The first-order valence-electron chi connectivity index (χ1n) is 2.46. The highest BCUT2D eigenvalue weighted by Crippen LogP contribution is 2.18. The van der Waals surface area contributed by atoms with Crippen LogP contribution in [-0.4, -0.2) is 17.2 Å². The van der Waals surface area contributed by atoms with Gasteiger partial charge >= 0.3 is 0 Å². The SMILES string of the molecule is COc1ncc(CO)s1. The van der Waals surface area contributed by atoms with Crippen LogP contribution >= 0.6 is 11.3 Å². The lowest BCUT2D eigenvalue weighted by atomic mass is 10.6. The number of hydrogen-bond donors (Lipinski definition) is 1. The molecule has 0 saturated carbocycles. The number of thiazole rings is 1. The van der Waals surface area contributed by atoms with Crippen molar-refractivity contribution in [3.63, 3.8) is 0 Å². The van der Waals surface area contributed by atoms with Gasteiger partial charge in [-0.3, -0.25) is 0 Å². The second-order valence-corrected chi connectivity index (χ2v) is 2.53. The molecule has 0 aliphatic rings. The van der Waals surface area contributed by atoms with Crippen molar-refractivity contribution in [1.29, 1.82) is 0 Å². The topological polar surface area (TPSA) is 42.4 Å². The van der Waals surface area contributed by atoms with E-state index in [-0.39, 0.29) is 6.61 Å². The third-order valence-electron chi connectivity index (χ3n) is 0.863. The molecule has 1 N–H and O–H groups in total. The van der Waals surface area contributed by atoms with Crippen LogP contribution in [0.5, 0.6) is 5.19 Å². The van der Waals surface area contributed by atoms with Crippen LogP contribution < -0.4 is 4.74 Å². The van der Waals surface area contributed by atoms with Gasteiger partial charge in [-0.25, -0.2) is 4.98 Å². The highest BCUT2D eigenvalue weighted by atomic mass is 32.1. The molecule has 3 nitrogen and oxygen atoms in total. The lowest BCUT2D eigenvalue weighted by Crippen LogP contribution is -1.76. The fraction of sp³-hybridized carbons (Fsp3) is 0.400. The normalized spacial score (nSPS) is 9.56. The van der Waals surface area contributed by atoms with Gasteiger partial charge in [0.15, 0.2) is 0 Å². The summed E-state index contributed by atoms with van der Waals surface area (Å²) in [6, 6.07) is 0. The zero-order chi connectivity index (χ0) is 6.69. The molecule has 1 heterocycles. The highest BCUT2D eigenvalue weighted by Gasteiger charge is 1.97. The van der Waals surface area contributed by atoms with Gasteiger partial charge in [-0.1, -0.05) is 11.3 Å². The summed E-state index contributed by atoms with van der Waals surface area (Å²) in [7, 11) is 1.56. The molecule has 0 bridgehead atoms. The number of methoxy groups -OCH3 is 1. The monoisotopic (exact) mass is 145 g/mol. The first-order valence-corrected chi connectivity index (χ1v) is 3.28. The third kappa shape index (κ3) is 1.40. The Morgan fingerprint density at radius 1 is 1.89 bits per heavy atom. The molecule has 4 heteroatoms. The zero-order valence-corrected chi connectivity index (χ0v) is 5.81. The van der Waals surface area contributed by atoms with Gasteiger partial charge in [-0.05, 0) is 0 Å². The average Bonchev–Trinajstić information content (AvgIpc) is 2.34. The van der Waals surface area contributed by atoms with Crippen LogP contribution in [-0.2, 0) is 6.61 Å². The van der Waals surface area contributed by atoms with Crippen molar-refractivity contribution in [1.82, 2.24) is 4.98 Å². The fourth-order valence-electron chi connectivity index (χ4n) is 0.457. The van der Waals surface area contributed by atoms with Gasteiger partial charge in [0.1, 0.15) is 0 Å². The number of ether oxygens (including phenoxy) is 1. The summed E-state index contributed by atoms with van der Waals surface area (Å²) in [4.78, 5) is 4.67. The minimum atomic E-state index is 0.0427. The van der Waals surface area contributed by atoms with Gasteiger partial charge in [0, 0.05) is 6.20 Å². The van der Waals surface area contributed by atoms with E-state index in [1.54, 1.807) is 13.3 Å². The van der Waals surface area contributed by atoms with Crippen molar-refractivity contribution in [3.05, 3.63) is 11.1 Å². The molecule has 0 fully saturated rings. The van der Waals surface area contributed by atoms with Crippen molar-refractivity contribution in [2.45, 2.75) is 6.61 Å². The molecule has 0 radical (unpaired) electrons. The summed E-state index contributed by atoms with van der Waals surface area (Å²) >= 11 is 1.35. The molecule has 0 amide bonds. The lowest BCUT2D eigenvalue weighted by molar-refractivity contribution is 0.285. The Hall–Kier alpha value is -0.610. The minimum absolute atomic E-state index is 0.0427. The van der Waals surface area contributed by atoms with E-state index in [0.717, 1.165) is 4.88 Å². The zero-order valence-electron chi connectivity index (χ0n) is 5.00. The fourth-order valence-corrected chi connectivity index (χ4v) is 1.04. The summed E-state index contributed by atoms with van der Waals surface area (Å²) in [6.07, 6.45) is 1.60. The van der Waals surface area contributed by atoms with E-state index in [1.165, 1.54) is 11.3 Å². The predicted molar refractivity (Wildman–Crippen MR) is 34.6 cm³/mol. The van der Waals surface area contributed by atoms with Gasteiger partial charge < -0.3 is 9.84 Å². The molecule has 0 spiro atoms. The van der Waals surface area contributed by atoms with E-state index < -0.39 is 0 Å². The van der Waals surface area contributed by atoms with E-state index in [1.807, 2.05) is 0 Å². The average molecular weight is 145 g/mol. The summed E-state index contributed by atoms with van der Waals surface area (Å²) in [5.74, 6) is 0. The molecule has 0 atom stereocenters. The number of aliphatic hydroxyl groups is 1. The van der Waals surface area contributed by atoms with Crippen molar-refractivity contribution >= 4 is 11.3 Å². The molecule has 1 aromatic heterocycles. The molecular formula is C5H7NO2S. The van der Waals surface area contributed by atoms with Gasteiger partial charge in [0.25, 0.3) is 5.19 Å². The molecule has 1 aromatic rings. The Bertz CT molecular complexity index is 168. The van der Waals surface area contributed by atoms with E-state index >= 15 is 0 Å². The molecule has 50 valence electrons. The molecule has 1 rings (SSSR count). The van der Waals surface area contributed by atoms with Gasteiger partial charge in [0.05, 0.1) is 18.6 Å². The summed E-state index contributed by atoms with van der Waals surface area (Å²) in [5, 5.41) is 9.16. The van der Waals surface area contributed by atoms with E-state index in [0.29, 0.717) is 5.19 Å². The summed E-state index contributed by atoms with van der Waals surface area (Å²) < 4.78 is 4.79. The van der Waals surface area contributed by atoms with Crippen molar-refractivity contribution in [3.8, 4) is 5.19 Å². The minimum Gasteiger partial charge on any atom is -0.473 e. The van der Waals surface area contributed by atoms with Crippen LogP contribution in [0, 0.1) is 0 Å². The summed E-state index contributed by atoms with van der Waals surface area (Å²) in [5.41, 5.74) is 0. The first-order chi connectivity index (χ1) is 4.36. The molecule has 0 unspecified atom stereocenters. The number of hydrogen-bond acceptors (Lipinski definition) is 4. The van der Waals surface area contributed by atoms with E-state index in [9.17, 15) is 0 Å². The van der Waals surface area contributed by atoms with Crippen LogP contribution in [0.15, 0.2) is 6.20 Å². The van der Waals surface area contributed by atoms with Gasteiger partial charge in [-0.2, -0.15) is 0 Å². The maximum Gasteiger partial charge on any atom is 0.273 e. The molecule has 0 aliphatic heterocycles. The standard InChI is InChI=1S/C5H7NO2S/c1-8-5-6-2-4(3-7)9-5/h2,7H,3H2,1H3. The molecule has 0 saturated heterocycles. The molecule has 9 heavy (non-hydrogen) atoms. The second-order valence-electron chi connectivity index (χ2n) is 1.45. The number of aliphatic hydroxyl groups excluding tert-OH is 1. The maximum atomic E-state index is 8.56. The first kappa shape index (κ1) is 6.51. The Morgan fingerprint density at radius 3 is 3.00 bits per heavy atom. The van der Waals surface area contributed by atoms with Gasteiger partial charge in [-0.15, -0.1) is 0 Å².